The van der Waals surface area contributed by atoms with Crippen LogP contribution in [0.5, 0.6) is 0 Å². The minimum Gasteiger partial charge on any atom is -0.334 e. The number of carbonyl (C=O) groups is 1. The third kappa shape index (κ3) is 3.44. The molecule has 4 rings (SSSR count). The third-order valence-electron chi connectivity index (χ3n) is 4.51. The van der Waals surface area contributed by atoms with Gasteiger partial charge in [0.15, 0.2) is 0 Å². The fourth-order valence-corrected chi connectivity index (χ4v) is 3.28. The molecule has 3 aromatic rings. The van der Waals surface area contributed by atoms with Gasteiger partial charge in [0.1, 0.15) is 11.6 Å². The highest BCUT2D eigenvalue weighted by atomic mass is 16.2. The van der Waals surface area contributed by atoms with Gasteiger partial charge in [-0.3, -0.25) is 0 Å². The van der Waals surface area contributed by atoms with E-state index >= 15 is 0 Å². The van der Waals surface area contributed by atoms with Gasteiger partial charge >= 0.3 is 6.03 Å². The van der Waals surface area contributed by atoms with Gasteiger partial charge in [0.05, 0.1) is 24.6 Å². The normalized spacial score (nSPS) is 16.1. The van der Waals surface area contributed by atoms with Gasteiger partial charge in [-0.15, -0.1) is 0 Å². The highest BCUT2D eigenvalue weighted by Gasteiger charge is 2.22. The first-order valence-electron chi connectivity index (χ1n) is 8.70. The third-order valence-corrected chi connectivity index (χ3v) is 4.51. The number of hydrogen-bond acceptors (Lipinski definition) is 4. The van der Waals surface area contributed by atoms with E-state index in [2.05, 4.69) is 25.7 Å². The second-order valence-electron chi connectivity index (χ2n) is 6.42. The number of rotatable bonds is 4. The van der Waals surface area contributed by atoms with E-state index in [9.17, 15) is 4.79 Å². The van der Waals surface area contributed by atoms with Crippen LogP contribution in [0.2, 0.25) is 0 Å². The van der Waals surface area contributed by atoms with Gasteiger partial charge in [-0.1, -0.05) is 18.2 Å². The molecule has 8 heteroatoms. The van der Waals surface area contributed by atoms with Gasteiger partial charge in [0.2, 0.25) is 0 Å². The highest BCUT2D eigenvalue weighted by molar-refractivity contribution is 5.74. The summed E-state index contributed by atoms with van der Waals surface area (Å²) in [5.41, 5.74) is 2.03. The van der Waals surface area contributed by atoms with Crippen LogP contribution in [0.4, 0.5) is 4.79 Å². The predicted molar refractivity (Wildman–Crippen MR) is 95.8 cm³/mol. The summed E-state index contributed by atoms with van der Waals surface area (Å²) in [6.45, 7) is 2.99. The molecule has 1 unspecified atom stereocenters. The first kappa shape index (κ1) is 16.3. The smallest absolute Gasteiger partial charge is 0.315 e. The average molecular weight is 351 g/mol. The van der Waals surface area contributed by atoms with Crippen LogP contribution in [-0.4, -0.2) is 36.4 Å². The minimum absolute atomic E-state index is 0.0625. The monoisotopic (exact) mass is 351 g/mol. The number of hydrogen-bond donors (Lipinski definition) is 2. The molecule has 8 nitrogen and oxygen atoms in total. The van der Waals surface area contributed by atoms with E-state index in [4.69, 9.17) is 0 Å². The average Bonchev–Trinajstić information content (AvgIpc) is 3.28. The van der Waals surface area contributed by atoms with Crippen LogP contribution in [0.15, 0.2) is 43.0 Å². The van der Waals surface area contributed by atoms with E-state index < -0.39 is 0 Å². The lowest BCUT2D eigenvalue weighted by Gasteiger charge is -2.23. The molecule has 2 aromatic heterocycles. The highest BCUT2D eigenvalue weighted by Crippen LogP contribution is 2.14. The molecule has 26 heavy (non-hydrogen) atoms. The summed E-state index contributed by atoms with van der Waals surface area (Å²) in [7, 11) is 0. The summed E-state index contributed by atoms with van der Waals surface area (Å²) in [4.78, 5) is 20.8. The van der Waals surface area contributed by atoms with Gasteiger partial charge in [-0.05, 0) is 25.0 Å². The molecular weight excluding hydrogens is 330 g/mol. The van der Waals surface area contributed by atoms with Crippen molar-refractivity contribution in [1.82, 2.24) is 34.9 Å². The number of carbonyl (C=O) groups excluding carboxylic acids is 1. The Morgan fingerprint density at radius 1 is 1.35 bits per heavy atom. The number of nitrogens with one attached hydrogen (secondary N) is 2. The first-order valence-corrected chi connectivity index (χ1v) is 8.70. The number of imidazole rings is 1. The number of aromatic nitrogens is 5. The molecule has 0 saturated heterocycles. The van der Waals surface area contributed by atoms with Crippen molar-refractivity contribution in [3.05, 3.63) is 60.2 Å². The molecule has 1 aliphatic rings. The summed E-state index contributed by atoms with van der Waals surface area (Å²) in [6.07, 6.45) is 7.07. The molecule has 0 fully saturated rings. The Hall–Kier alpha value is -3.16. The number of aryl methyl sites for hydroxylation is 2. The Bertz CT molecular complexity index is 900. The summed E-state index contributed by atoms with van der Waals surface area (Å²) < 4.78 is 3.82. The molecule has 1 aromatic carbocycles. The van der Waals surface area contributed by atoms with Crippen molar-refractivity contribution in [1.29, 1.82) is 0 Å². The quantitative estimate of drug-likeness (QED) is 0.747. The fourth-order valence-electron chi connectivity index (χ4n) is 3.28. The van der Waals surface area contributed by atoms with Crippen molar-refractivity contribution < 1.29 is 4.79 Å². The van der Waals surface area contributed by atoms with Gasteiger partial charge < -0.3 is 15.2 Å². The number of urea groups is 1. The number of amides is 2. The van der Waals surface area contributed by atoms with Crippen LogP contribution in [0.3, 0.4) is 0 Å². The van der Waals surface area contributed by atoms with Gasteiger partial charge in [-0.25, -0.2) is 19.4 Å². The van der Waals surface area contributed by atoms with Crippen LogP contribution in [-0.2, 0) is 19.5 Å². The van der Waals surface area contributed by atoms with E-state index in [0.29, 0.717) is 13.1 Å². The molecule has 1 aliphatic heterocycles. The maximum Gasteiger partial charge on any atom is 0.315 e. The zero-order chi connectivity index (χ0) is 17.9. The zero-order valence-corrected chi connectivity index (χ0v) is 14.6. The van der Waals surface area contributed by atoms with E-state index in [0.717, 1.165) is 35.7 Å². The molecular formula is C18H21N7O. The Balaban J connectivity index is 1.35. The van der Waals surface area contributed by atoms with Crippen LogP contribution in [0.25, 0.3) is 5.69 Å². The van der Waals surface area contributed by atoms with Crippen molar-refractivity contribution in [3.63, 3.8) is 0 Å². The van der Waals surface area contributed by atoms with E-state index in [1.54, 1.807) is 12.5 Å². The Kier molecular flexibility index (Phi) is 4.39. The number of para-hydroxylation sites is 1. The lowest BCUT2D eigenvalue weighted by atomic mass is 10.1. The van der Waals surface area contributed by atoms with Crippen LogP contribution >= 0.6 is 0 Å². The van der Waals surface area contributed by atoms with Crippen molar-refractivity contribution in [3.8, 4) is 5.69 Å². The SMILES string of the molecule is Cc1nc2n(n1)CC(NC(=O)NCc1ccccc1-n1ccnc1)CC2. The molecule has 2 N–H and O–H groups in total. The summed E-state index contributed by atoms with van der Waals surface area (Å²) in [5, 5.41) is 10.4. The van der Waals surface area contributed by atoms with Crippen LogP contribution < -0.4 is 10.6 Å². The standard InChI is InChI=1S/C18H21N7O/c1-13-21-17-7-6-15(11-25(17)23-13)22-18(26)20-10-14-4-2-3-5-16(14)24-9-8-19-12-24/h2-5,8-9,12,15H,6-7,10-11H2,1H3,(H2,20,22,26). The Labute approximate surface area is 151 Å². The number of fused-ring (bicyclic) bond motifs is 1. The molecule has 1 atom stereocenters. The first-order chi connectivity index (χ1) is 12.7. The molecule has 0 bridgehead atoms. The summed E-state index contributed by atoms with van der Waals surface area (Å²) in [5.74, 6) is 1.77. The number of benzene rings is 1. The summed E-state index contributed by atoms with van der Waals surface area (Å²) >= 11 is 0. The predicted octanol–water partition coefficient (Wildman–Crippen LogP) is 1.59. The maximum absolute atomic E-state index is 12.3. The second kappa shape index (κ2) is 6.99. The van der Waals surface area contributed by atoms with Crippen molar-refractivity contribution in [2.75, 3.05) is 0 Å². The van der Waals surface area contributed by atoms with E-state index in [1.807, 2.05) is 46.6 Å². The molecule has 3 heterocycles. The van der Waals surface area contributed by atoms with Gasteiger partial charge in [-0.2, -0.15) is 5.10 Å². The summed E-state index contributed by atoms with van der Waals surface area (Å²) in [6, 6.07) is 7.83. The molecule has 2 amide bonds. The van der Waals surface area contributed by atoms with Gasteiger partial charge in [0.25, 0.3) is 0 Å². The topological polar surface area (TPSA) is 89.7 Å². The van der Waals surface area contributed by atoms with Crippen molar-refractivity contribution in [2.24, 2.45) is 0 Å². The van der Waals surface area contributed by atoms with Crippen molar-refractivity contribution >= 4 is 6.03 Å². The molecule has 0 saturated carbocycles. The van der Waals surface area contributed by atoms with Crippen LogP contribution in [0.1, 0.15) is 23.6 Å². The van der Waals surface area contributed by atoms with E-state index in [1.165, 1.54) is 0 Å². The van der Waals surface area contributed by atoms with E-state index in [-0.39, 0.29) is 12.1 Å². The zero-order valence-electron chi connectivity index (χ0n) is 14.6. The number of nitrogens with zero attached hydrogens (tertiary/aromatic N) is 5. The molecule has 0 spiro atoms. The Morgan fingerprint density at radius 2 is 2.23 bits per heavy atom. The second-order valence-corrected chi connectivity index (χ2v) is 6.42. The Morgan fingerprint density at radius 3 is 3.08 bits per heavy atom. The maximum atomic E-state index is 12.3. The lowest BCUT2D eigenvalue weighted by molar-refractivity contribution is 0.231. The van der Waals surface area contributed by atoms with Crippen molar-refractivity contribution in [2.45, 2.75) is 38.9 Å². The molecule has 0 radical (unpaired) electrons. The van der Waals surface area contributed by atoms with Gasteiger partial charge in [0, 0.05) is 25.4 Å². The fraction of sp³-hybridized carbons (Fsp3) is 0.333. The molecule has 0 aliphatic carbocycles. The lowest BCUT2D eigenvalue weighted by Crippen LogP contribution is -2.45. The largest absolute Gasteiger partial charge is 0.334 e. The minimum atomic E-state index is -0.171. The van der Waals surface area contributed by atoms with Crippen LogP contribution in [0, 0.1) is 6.92 Å². The molecule has 134 valence electrons.